The van der Waals surface area contributed by atoms with Gasteiger partial charge in [-0.3, -0.25) is 0 Å². The van der Waals surface area contributed by atoms with Crippen LogP contribution in [0.2, 0.25) is 0 Å². The summed E-state index contributed by atoms with van der Waals surface area (Å²) in [6.45, 7) is 3.20. The van der Waals surface area contributed by atoms with E-state index >= 15 is 0 Å². The van der Waals surface area contributed by atoms with Crippen molar-refractivity contribution in [1.29, 1.82) is 0 Å². The number of aromatic nitrogens is 1. The first kappa shape index (κ1) is 11.6. The molecule has 2 N–H and O–H groups in total. The molecule has 1 aromatic rings. The van der Waals surface area contributed by atoms with Crippen molar-refractivity contribution < 1.29 is 9.63 Å². The molecule has 0 unspecified atom stereocenters. The number of aliphatic hydroxyl groups is 1. The largest absolute Gasteiger partial charge is 0.389 e. The maximum Gasteiger partial charge on any atom is 0.133 e. The van der Waals surface area contributed by atoms with E-state index in [1.54, 1.807) is 0 Å². The fraction of sp³-hybridized carbons (Fsp3) is 0.750. The van der Waals surface area contributed by atoms with Gasteiger partial charge in [-0.25, -0.2) is 0 Å². The standard InChI is InChI=1S/C12H20N2O2/c1-10-7-11(14-16-10)8-13-9-12(15)5-3-2-4-6-12/h7,13,15H,2-6,8-9H2,1H3. The van der Waals surface area contributed by atoms with E-state index in [1.165, 1.54) is 6.42 Å². The maximum atomic E-state index is 10.2. The molecular weight excluding hydrogens is 204 g/mol. The first-order valence-electron chi connectivity index (χ1n) is 6.03. The smallest absolute Gasteiger partial charge is 0.133 e. The molecule has 4 heteroatoms. The molecule has 16 heavy (non-hydrogen) atoms. The van der Waals surface area contributed by atoms with Gasteiger partial charge in [0.2, 0.25) is 0 Å². The molecule has 0 amide bonds. The van der Waals surface area contributed by atoms with Crippen LogP contribution in [-0.4, -0.2) is 22.4 Å². The van der Waals surface area contributed by atoms with Gasteiger partial charge in [-0.15, -0.1) is 0 Å². The van der Waals surface area contributed by atoms with Gasteiger partial charge in [0.25, 0.3) is 0 Å². The average molecular weight is 224 g/mol. The lowest BCUT2D eigenvalue weighted by Crippen LogP contribution is -2.41. The Balaban J connectivity index is 1.74. The third-order valence-electron chi connectivity index (χ3n) is 3.22. The fourth-order valence-corrected chi connectivity index (χ4v) is 2.31. The molecule has 1 aliphatic carbocycles. The molecule has 1 fully saturated rings. The van der Waals surface area contributed by atoms with Crippen molar-refractivity contribution in [2.24, 2.45) is 0 Å². The van der Waals surface area contributed by atoms with Crippen molar-refractivity contribution >= 4 is 0 Å². The van der Waals surface area contributed by atoms with Gasteiger partial charge in [0.1, 0.15) is 5.76 Å². The number of aryl methyl sites for hydroxylation is 1. The SMILES string of the molecule is Cc1cc(CNCC2(O)CCCCC2)no1. The Morgan fingerprint density at radius 2 is 2.19 bits per heavy atom. The molecule has 0 bridgehead atoms. The fourth-order valence-electron chi connectivity index (χ4n) is 2.31. The summed E-state index contributed by atoms with van der Waals surface area (Å²) < 4.78 is 4.98. The Morgan fingerprint density at radius 1 is 1.44 bits per heavy atom. The zero-order chi connectivity index (χ0) is 11.4. The third kappa shape index (κ3) is 3.06. The van der Waals surface area contributed by atoms with E-state index in [0.717, 1.165) is 37.1 Å². The van der Waals surface area contributed by atoms with Gasteiger partial charge >= 0.3 is 0 Å². The lowest BCUT2D eigenvalue weighted by atomic mass is 9.85. The van der Waals surface area contributed by atoms with E-state index in [1.807, 2.05) is 13.0 Å². The van der Waals surface area contributed by atoms with Gasteiger partial charge in [0.05, 0.1) is 11.3 Å². The third-order valence-corrected chi connectivity index (χ3v) is 3.22. The zero-order valence-corrected chi connectivity index (χ0v) is 9.83. The summed E-state index contributed by atoms with van der Waals surface area (Å²) >= 11 is 0. The van der Waals surface area contributed by atoms with Crippen LogP contribution in [0.4, 0.5) is 0 Å². The average Bonchev–Trinajstić information content (AvgIpc) is 2.65. The predicted molar refractivity (Wildman–Crippen MR) is 61.0 cm³/mol. The summed E-state index contributed by atoms with van der Waals surface area (Å²) in [5.74, 6) is 0.827. The molecule has 0 saturated heterocycles. The molecule has 0 aliphatic heterocycles. The summed E-state index contributed by atoms with van der Waals surface area (Å²) in [6.07, 6.45) is 5.36. The van der Waals surface area contributed by atoms with Gasteiger partial charge in [-0.2, -0.15) is 0 Å². The summed E-state index contributed by atoms with van der Waals surface area (Å²) in [4.78, 5) is 0. The molecule has 0 spiro atoms. The molecule has 1 aliphatic rings. The molecular formula is C12H20N2O2. The maximum absolute atomic E-state index is 10.2. The van der Waals surface area contributed by atoms with Crippen LogP contribution in [0, 0.1) is 6.92 Å². The lowest BCUT2D eigenvalue weighted by Gasteiger charge is -2.32. The Kier molecular flexibility index (Phi) is 3.61. The molecule has 2 rings (SSSR count). The van der Waals surface area contributed by atoms with Crippen LogP contribution in [0.25, 0.3) is 0 Å². The van der Waals surface area contributed by atoms with Crippen LogP contribution in [0.15, 0.2) is 10.6 Å². The molecule has 0 aromatic carbocycles. The van der Waals surface area contributed by atoms with E-state index in [4.69, 9.17) is 4.52 Å². The second-order valence-corrected chi connectivity index (χ2v) is 4.82. The highest BCUT2D eigenvalue weighted by Crippen LogP contribution is 2.27. The lowest BCUT2D eigenvalue weighted by molar-refractivity contribution is 0.00457. The van der Waals surface area contributed by atoms with Crippen molar-refractivity contribution in [2.75, 3.05) is 6.54 Å². The number of hydrogen-bond donors (Lipinski definition) is 2. The summed E-state index contributed by atoms with van der Waals surface area (Å²) in [6, 6.07) is 1.91. The highest BCUT2D eigenvalue weighted by atomic mass is 16.5. The highest BCUT2D eigenvalue weighted by Gasteiger charge is 2.28. The van der Waals surface area contributed by atoms with Crippen molar-refractivity contribution in [3.05, 3.63) is 17.5 Å². The first-order chi connectivity index (χ1) is 7.68. The molecule has 4 nitrogen and oxygen atoms in total. The summed E-state index contributed by atoms with van der Waals surface area (Å²) in [5.41, 5.74) is 0.397. The minimum atomic E-state index is -0.503. The van der Waals surface area contributed by atoms with Crippen molar-refractivity contribution in [3.8, 4) is 0 Å². The van der Waals surface area contributed by atoms with Crippen LogP contribution in [0.5, 0.6) is 0 Å². The van der Waals surface area contributed by atoms with E-state index < -0.39 is 5.60 Å². The Labute approximate surface area is 96.0 Å². The van der Waals surface area contributed by atoms with E-state index in [-0.39, 0.29) is 0 Å². The molecule has 1 heterocycles. The molecule has 90 valence electrons. The zero-order valence-electron chi connectivity index (χ0n) is 9.83. The van der Waals surface area contributed by atoms with Gasteiger partial charge < -0.3 is 14.9 Å². The highest BCUT2D eigenvalue weighted by molar-refractivity contribution is 5.03. The first-order valence-corrected chi connectivity index (χ1v) is 6.03. The van der Waals surface area contributed by atoms with Gasteiger partial charge in [0, 0.05) is 19.2 Å². The van der Waals surface area contributed by atoms with Gasteiger partial charge in [-0.05, 0) is 19.8 Å². The topological polar surface area (TPSA) is 58.3 Å². The number of hydrogen-bond acceptors (Lipinski definition) is 4. The van der Waals surface area contributed by atoms with Crippen LogP contribution in [0.1, 0.15) is 43.6 Å². The molecule has 1 aromatic heterocycles. The van der Waals surface area contributed by atoms with Crippen LogP contribution in [0.3, 0.4) is 0 Å². The monoisotopic (exact) mass is 224 g/mol. The second-order valence-electron chi connectivity index (χ2n) is 4.82. The normalized spacial score (nSPS) is 19.9. The van der Waals surface area contributed by atoms with E-state index in [2.05, 4.69) is 10.5 Å². The minimum absolute atomic E-state index is 0.503. The summed E-state index contributed by atoms with van der Waals surface area (Å²) in [7, 11) is 0. The molecule has 0 atom stereocenters. The van der Waals surface area contributed by atoms with Crippen LogP contribution >= 0.6 is 0 Å². The van der Waals surface area contributed by atoms with Crippen molar-refractivity contribution in [1.82, 2.24) is 10.5 Å². The van der Waals surface area contributed by atoms with E-state index in [0.29, 0.717) is 13.1 Å². The Hall–Kier alpha value is -0.870. The van der Waals surface area contributed by atoms with Gasteiger partial charge in [-0.1, -0.05) is 24.4 Å². The predicted octanol–water partition coefficient (Wildman–Crippen LogP) is 1.77. The Bertz CT molecular complexity index is 330. The van der Waals surface area contributed by atoms with E-state index in [9.17, 15) is 5.11 Å². The van der Waals surface area contributed by atoms with Gasteiger partial charge in [0.15, 0.2) is 0 Å². The van der Waals surface area contributed by atoms with Crippen LogP contribution < -0.4 is 5.32 Å². The molecule has 1 saturated carbocycles. The number of nitrogens with zero attached hydrogens (tertiary/aromatic N) is 1. The van der Waals surface area contributed by atoms with Crippen molar-refractivity contribution in [3.63, 3.8) is 0 Å². The quantitative estimate of drug-likeness (QED) is 0.818. The minimum Gasteiger partial charge on any atom is -0.389 e. The number of rotatable bonds is 4. The Morgan fingerprint density at radius 3 is 2.81 bits per heavy atom. The summed E-state index contributed by atoms with van der Waals surface area (Å²) in [5, 5.41) is 17.4. The van der Waals surface area contributed by atoms with Crippen LogP contribution in [-0.2, 0) is 6.54 Å². The number of nitrogens with one attached hydrogen (secondary N) is 1. The molecule has 0 radical (unpaired) electrons. The van der Waals surface area contributed by atoms with Crippen molar-refractivity contribution in [2.45, 2.75) is 51.2 Å². The second kappa shape index (κ2) is 4.97.